The van der Waals surface area contributed by atoms with E-state index in [2.05, 4.69) is 5.32 Å². The molecule has 3 aromatic carbocycles. The van der Waals surface area contributed by atoms with Crippen molar-refractivity contribution in [1.29, 1.82) is 0 Å². The van der Waals surface area contributed by atoms with Gasteiger partial charge in [0.25, 0.3) is 0 Å². The van der Waals surface area contributed by atoms with Crippen molar-refractivity contribution in [2.75, 3.05) is 5.75 Å². The first-order valence-electron chi connectivity index (χ1n) is 11.9. The van der Waals surface area contributed by atoms with E-state index in [-0.39, 0.29) is 24.1 Å². The number of halogens is 3. The van der Waals surface area contributed by atoms with Gasteiger partial charge in [-0.3, -0.25) is 9.59 Å². The van der Waals surface area contributed by atoms with Crippen LogP contribution in [0.15, 0.2) is 72.8 Å². The Kier molecular flexibility index (Phi) is 10.8. The van der Waals surface area contributed by atoms with E-state index in [0.29, 0.717) is 27.2 Å². The van der Waals surface area contributed by atoms with Gasteiger partial charge in [-0.25, -0.2) is 0 Å². The lowest BCUT2D eigenvalue weighted by Crippen LogP contribution is -2.54. The van der Waals surface area contributed by atoms with Gasteiger partial charge in [-0.1, -0.05) is 83.3 Å². The summed E-state index contributed by atoms with van der Waals surface area (Å²) in [7, 11) is 0. The second-order valence-electron chi connectivity index (χ2n) is 9.82. The van der Waals surface area contributed by atoms with Gasteiger partial charge in [0.1, 0.15) is 6.04 Å². The maximum absolute atomic E-state index is 13.7. The minimum Gasteiger partial charge on any atom is -0.350 e. The number of rotatable bonds is 10. The zero-order chi connectivity index (χ0) is 27.0. The molecule has 8 heteroatoms. The molecule has 37 heavy (non-hydrogen) atoms. The average molecular weight is 578 g/mol. The number of amides is 2. The monoisotopic (exact) mass is 576 g/mol. The van der Waals surface area contributed by atoms with Crippen LogP contribution in [0.1, 0.15) is 37.5 Å². The van der Waals surface area contributed by atoms with Crippen molar-refractivity contribution >= 4 is 58.4 Å². The maximum Gasteiger partial charge on any atom is 0.243 e. The van der Waals surface area contributed by atoms with Gasteiger partial charge >= 0.3 is 0 Å². The van der Waals surface area contributed by atoms with Crippen molar-refractivity contribution in [2.24, 2.45) is 0 Å². The van der Waals surface area contributed by atoms with Gasteiger partial charge in [0, 0.05) is 39.3 Å². The molecule has 0 unspecified atom stereocenters. The van der Waals surface area contributed by atoms with Gasteiger partial charge < -0.3 is 10.2 Å². The molecular formula is C29H31Cl3N2O2S. The molecule has 0 saturated heterocycles. The third kappa shape index (κ3) is 9.57. The fourth-order valence-corrected chi connectivity index (χ4v) is 5.49. The highest BCUT2D eigenvalue weighted by Gasteiger charge is 2.32. The molecular weight excluding hydrogens is 547 g/mol. The molecule has 0 bridgehead atoms. The van der Waals surface area contributed by atoms with Crippen LogP contribution in [0.5, 0.6) is 0 Å². The minimum atomic E-state index is -0.701. The zero-order valence-corrected chi connectivity index (χ0v) is 24.2. The van der Waals surface area contributed by atoms with Crippen LogP contribution in [0, 0.1) is 0 Å². The second kappa shape index (κ2) is 13.6. The molecule has 0 heterocycles. The molecule has 0 aromatic heterocycles. The van der Waals surface area contributed by atoms with Crippen molar-refractivity contribution in [3.05, 3.63) is 105 Å². The molecule has 0 saturated carbocycles. The van der Waals surface area contributed by atoms with Gasteiger partial charge in [-0.2, -0.15) is 0 Å². The lowest BCUT2D eigenvalue weighted by molar-refractivity contribution is -0.140. The summed E-state index contributed by atoms with van der Waals surface area (Å²) >= 11 is 20.0. The zero-order valence-electron chi connectivity index (χ0n) is 21.1. The van der Waals surface area contributed by atoms with Gasteiger partial charge in [0.2, 0.25) is 11.8 Å². The van der Waals surface area contributed by atoms with E-state index in [9.17, 15) is 9.59 Å². The van der Waals surface area contributed by atoms with Gasteiger partial charge in [0.15, 0.2) is 0 Å². The van der Waals surface area contributed by atoms with E-state index in [0.717, 1.165) is 16.7 Å². The fourth-order valence-electron chi connectivity index (χ4n) is 3.81. The summed E-state index contributed by atoms with van der Waals surface area (Å²) < 4.78 is 0. The van der Waals surface area contributed by atoms with E-state index in [1.54, 1.807) is 23.1 Å². The van der Waals surface area contributed by atoms with Crippen LogP contribution in [-0.2, 0) is 28.3 Å². The molecule has 3 rings (SSSR count). The van der Waals surface area contributed by atoms with Crippen LogP contribution < -0.4 is 5.32 Å². The Bertz CT molecular complexity index is 1220. The Hall–Kier alpha value is -2.18. The standard InChI is InChI=1S/C29H31Cl3N2O2S/c1-29(2,3)33-28(36)26(15-20-8-5-4-6-9-20)34(17-21-10-7-11-23(30)14-21)27(35)19-37-18-22-12-13-24(31)16-25(22)32/h4-14,16,26H,15,17-19H2,1-3H3,(H,33,36)/t26-/m1/s1. The van der Waals surface area contributed by atoms with E-state index < -0.39 is 11.6 Å². The number of carbonyl (C=O) groups excluding carboxylic acids is 2. The number of nitrogens with one attached hydrogen (secondary N) is 1. The second-order valence-corrected chi connectivity index (χ2v) is 12.1. The highest BCUT2D eigenvalue weighted by Crippen LogP contribution is 2.26. The minimum absolute atomic E-state index is 0.139. The number of carbonyl (C=O) groups is 2. The molecule has 0 aliphatic rings. The molecule has 0 fully saturated rings. The Balaban J connectivity index is 1.87. The summed E-state index contributed by atoms with van der Waals surface area (Å²) in [5.41, 5.74) is 2.28. The van der Waals surface area contributed by atoms with Crippen molar-refractivity contribution in [2.45, 2.75) is 51.1 Å². The van der Waals surface area contributed by atoms with Gasteiger partial charge in [-0.15, -0.1) is 11.8 Å². The molecule has 1 N–H and O–H groups in total. The number of thioether (sulfide) groups is 1. The number of nitrogens with zero attached hydrogens (tertiary/aromatic N) is 1. The third-order valence-corrected chi connectivity index (χ3v) is 7.30. The molecule has 0 aliphatic carbocycles. The normalized spacial score (nSPS) is 12.2. The molecule has 0 radical (unpaired) electrons. The van der Waals surface area contributed by atoms with Crippen molar-refractivity contribution < 1.29 is 9.59 Å². The van der Waals surface area contributed by atoms with Crippen LogP contribution in [0.3, 0.4) is 0 Å². The quantitative estimate of drug-likeness (QED) is 0.272. The maximum atomic E-state index is 13.7. The lowest BCUT2D eigenvalue weighted by atomic mass is 10.0. The SMILES string of the molecule is CC(C)(C)NC(=O)[C@@H](Cc1ccccc1)N(Cc1cccc(Cl)c1)C(=O)CSCc1ccc(Cl)cc1Cl. The topological polar surface area (TPSA) is 49.4 Å². The van der Waals surface area contributed by atoms with E-state index in [1.165, 1.54) is 11.8 Å². The summed E-state index contributed by atoms with van der Waals surface area (Å²) in [5, 5.41) is 4.78. The predicted octanol–water partition coefficient (Wildman–Crippen LogP) is 7.43. The predicted molar refractivity (Wildman–Crippen MR) is 156 cm³/mol. The molecule has 3 aromatic rings. The van der Waals surface area contributed by atoms with Crippen LogP contribution in [0.2, 0.25) is 15.1 Å². The van der Waals surface area contributed by atoms with E-state index in [4.69, 9.17) is 34.8 Å². The van der Waals surface area contributed by atoms with Crippen LogP contribution in [-0.4, -0.2) is 34.0 Å². The highest BCUT2D eigenvalue weighted by molar-refractivity contribution is 7.99. The third-order valence-electron chi connectivity index (χ3n) is 5.51. The largest absolute Gasteiger partial charge is 0.350 e. The Morgan fingerprint density at radius 3 is 2.22 bits per heavy atom. The Morgan fingerprint density at radius 2 is 1.57 bits per heavy atom. The molecule has 0 spiro atoms. The summed E-state index contributed by atoms with van der Waals surface area (Å²) in [4.78, 5) is 28.9. The van der Waals surface area contributed by atoms with Crippen molar-refractivity contribution in [3.63, 3.8) is 0 Å². The summed E-state index contributed by atoms with van der Waals surface area (Å²) in [6.45, 7) is 6.05. The molecule has 0 aliphatic heterocycles. The number of hydrogen-bond acceptors (Lipinski definition) is 3. The molecule has 196 valence electrons. The van der Waals surface area contributed by atoms with Gasteiger partial charge in [0.05, 0.1) is 5.75 Å². The summed E-state index contributed by atoms with van der Waals surface area (Å²) in [6, 6.07) is 21.7. The molecule has 1 atom stereocenters. The van der Waals surface area contributed by atoms with Crippen molar-refractivity contribution in [3.8, 4) is 0 Å². The number of benzene rings is 3. The molecule has 2 amide bonds. The van der Waals surface area contributed by atoms with Crippen LogP contribution >= 0.6 is 46.6 Å². The lowest BCUT2D eigenvalue weighted by Gasteiger charge is -2.34. The van der Waals surface area contributed by atoms with Crippen LogP contribution in [0.4, 0.5) is 0 Å². The Labute approximate surface area is 238 Å². The van der Waals surface area contributed by atoms with Crippen molar-refractivity contribution in [1.82, 2.24) is 10.2 Å². The Morgan fingerprint density at radius 1 is 0.892 bits per heavy atom. The summed E-state index contributed by atoms with van der Waals surface area (Å²) in [5.74, 6) is 0.398. The molecule has 4 nitrogen and oxygen atoms in total. The highest BCUT2D eigenvalue weighted by atomic mass is 35.5. The van der Waals surface area contributed by atoms with Gasteiger partial charge in [-0.05, 0) is 61.7 Å². The number of hydrogen-bond donors (Lipinski definition) is 1. The van der Waals surface area contributed by atoms with Crippen LogP contribution in [0.25, 0.3) is 0 Å². The summed E-state index contributed by atoms with van der Waals surface area (Å²) in [6.07, 6.45) is 0.392. The smallest absolute Gasteiger partial charge is 0.243 e. The van der Waals surface area contributed by atoms with E-state index in [1.807, 2.05) is 75.4 Å². The first kappa shape index (κ1) is 29.4. The first-order valence-corrected chi connectivity index (χ1v) is 14.2. The first-order chi connectivity index (χ1) is 17.5. The van der Waals surface area contributed by atoms with E-state index >= 15 is 0 Å². The average Bonchev–Trinajstić information content (AvgIpc) is 2.82. The fraction of sp³-hybridized carbons (Fsp3) is 0.310.